The Hall–Kier alpha value is -3.42. The number of benzene rings is 2. The second kappa shape index (κ2) is 9.44. The fraction of sp³-hybridized carbons (Fsp3) is 0.150. The number of aromatic nitrogens is 4. The van der Waals surface area contributed by atoms with Gasteiger partial charge >= 0.3 is 6.36 Å². The molecule has 0 unspecified atom stereocenters. The lowest BCUT2D eigenvalue weighted by Gasteiger charge is -2.10. The van der Waals surface area contributed by atoms with Crippen LogP contribution in [0.25, 0.3) is 17.0 Å². The Morgan fingerprint density at radius 1 is 1.00 bits per heavy atom. The molecule has 0 radical (unpaired) electrons. The molecule has 0 bridgehead atoms. The van der Waals surface area contributed by atoms with Gasteiger partial charge in [0.1, 0.15) is 12.4 Å². The average molecular weight is 514 g/mol. The van der Waals surface area contributed by atoms with Crippen molar-refractivity contribution in [2.24, 2.45) is 0 Å². The van der Waals surface area contributed by atoms with Crippen LogP contribution in [0.3, 0.4) is 0 Å². The summed E-state index contributed by atoms with van der Waals surface area (Å²) in [5.74, 6) is 0.0690. The maximum atomic E-state index is 12.3. The molecule has 0 saturated carbocycles. The normalized spacial score (nSPS) is 12.1. The van der Waals surface area contributed by atoms with Crippen LogP contribution in [0.2, 0.25) is 5.02 Å². The number of nitrogens with zero attached hydrogens (tertiary/aromatic N) is 4. The van der Waals surface area contributed by atoms with Gasteiger partial charge in [0.15, 0.2) is 11.5 Å². The zero-order chi connectivity index (χ0) is 24.3. The number of rotatable bonds is 8. The van der Waals surface area contributed by atoms with E-state index in [0.717, 1.165) is 24.3 Å². The monoisotopic (exact) mass is 513 g/mol. The van der Waals surface area contributed by atoms with E-state index in [1.807, 2.05) is 0 Å². The number of fused-ring (bicyclic) bond motifs is 1. The summed E-state index contributed by atoms with van der Waals surface area (Å²) >= 11 is 6.23. The zero-order valence-electron chi connectivity index (χ0n) is 17.0. The predicted molar refractivity (Wildman–Crippen MR) is 115 cm³/mol. The van der Waals surface area contributed by atoms with Crippen LogP contribution in [-0.4, -0.2) is 47.7 Å². The summed E-state index contributed by atoms with van der Waals surface area (Å²) in [5, 5.41) is 12.9. The molecule has 0 aliphatic carbocycles. The first kappa shape index (κ1) is 23.7. The van der Waals surface area contributed by atoms with Gasteiger partial charge in [-0.3, -0.25) is 0 Å². The summed E-state index contributed by atoms with van der Waals surface area (Å²) < 4.78 is 74.3. The molecular weight excluding hydrogens is 499 g/mol. The van der Waals surface area contributed by atoms with Crippen LogP contribution in [-0.2, 0) is 10.0 Å². The first-order valence-electron chi connectivity index (χ1n) is 9.58. The highest BCUT2D eigenvalue weighted by atomic mass is 35.5. The molecule has 9 nitrogen and oxygen atoms in total. The van der Waals surface area contributed by atoms with E-state index in [-0.39, 0.29) is 23.9 Å². The molecular formula is C20H15ClF3N5O4S. The van der Waals surface area contributed by atoms with Gasteiger partial charge in [-0.25, -0.2) is 13.1 Å². The molecule has 14 heteroatoms. The standard InChI is InChI=1S/C20H15ClF3N5O4S/c21-16-4-2-1-3-15(16)19-27-26-17-9-10-18(28-29(17)19)32-12-11-25-34(30,31)14-7-5-13(6-8-14)33-20(22,23)24/h1-10,25H,11-12H2. The van der Waals surface area contributed by atoms with Gasteiger partial charge in [0.05, 0.1) is 9.92 Å². The second-order valence-electron chi connectivity index (χ2n) is 6.71. The van der Waals surface area contributed by atoms with Gasteiger partial charge in [-0.15, -0.1) is 28.5 Å². The van der Waals surface area contributed by atoms with Crippen LogP contribution in [0.1, 0.15) is 0 Å². The van der Waals surface area contributed by atoms with Gasteiger partial charge < -0.3 is 9.47 Å². The van der Waals surface area contributed by atoms with Gasteiger partial charge in [0.25, 0.3) is 0 Å². The molecule has 4 rings (SSSR count). The maximum absolute atomic E-state index is 12.3. The first-order chi connectivity index (χ1) is 16.1. The molecule has 2 aromatic carbocycles. The highest BCUT2D eigenvalue weighted by Gasteiger charge is 2.31. The number of sulfonamides is 1. The fourth-order valence-electron chi connectivity index (χ4n) is 2.89. The van der Waals surface area contributed by atoms with Crippen molar-refractivity contribution >= 4 is 27.3 Å². The summed E-state index contributed by atoms with van der Waals surface area (Å²) in [5.41, 5.74) is 1.08. The quantitative estimate of drug-likeness (QED) is 0.358. The van der Waals surface area contributed by atoms with E-state index < -0.39 is 22.1 Å². The smallest absolute Gasteiger partial charge is 0.475 e. The van der Waals surface area contributed by atoms with Crippen molar-refractivity contribution in [3.8, 4) is 23.0 Å². The van der Waals surface area contributed by atoms with Crippen molar-refractivity contribution in [3.05, 3.63) is 65.7 Å². The van der Waals surface area contributed by atoms with Crippen molar-refractivity contribution in [2.75, 3.05) is 13.2 Å². The van der Waals surface area contributed by atoms with Crippen LogP contribution in [0, 0.1) is 0 Å². The molecule has 178 valence electrons. The minimum atomic E-state index is -4.87. The molecule has 0 atom stereocenters. The maximum Gasteiger partial charge on any atom is 0.573 e. The number of ether oxygens (including phenoxy) is 2. The molecule has 4 aromatic rings. The lowest BCUT2D eigenvalue weighted by atomic mass is 10.2. The summed E-state index contributed by atoms with van der Waals surface area (Å²) in [6.07, 6.45) is -4.87. The van der Waals surface area contributed by atoms with Crippen molar-refractivity contribution in [1.29, 1.82) is 0 Å². The first-order valence-corrected chi connectivity index (χ1v) is 11.4. The Labute approximate surface area is 196 Å². The molecule has 0 aliphatic rings. The number of hydrogen-bond donors (Lipinski definition) is 1. The molecule has 34 heavy (non-hydrogen) atoms. The fourth-order valence-corrected chi connectivity index (χ4v) is 4.13. The van der Waals surface area contributed by atoms with Gasteiger partial charge in [0.2, 0.25) is 15.9 Å². The Balaban J connectivity index is 1.38. The minimum absolute atomic E-state index is 0.0729. The second-order valence-corrected chi connectivity index (χ2v) is 8.88. The van der Waals surface area contributed by atoms with Crippen molar-refractivity contribution < 1.29 is 31.1 Å². The Morgan fingerprint density at radius 2 is 1.74 bits per heavy atom. The van der Waals surface area contributed by atoms with Crippen molar-refractivity contribution in [1.82, 2.24) is 24.5 Å². The molecule has 2 aromatic heterocycles. The third-order valence-electron chi connectivity index (χ3n) is 4.36. The Bertz CT molecular complexity index is 1410. The molecule has 0 spiro atoms. The van der Waals surface area contributed by atoms with E-state index in [1.165, 1.54) is 4.52 Å². The highest BCUT2D eigenvalue weighted by Crippen LogP contribution is 2.26. The van der Waals surface area contributed by atoms with Crippen LogP contribution >= 0.6 is 11.6 Å². The summed E-state index contributed by atoms with van der Waals surface area (Å²) in [7, 11) is -3.98. The van der Waals surface area contributed by atoms with E-state index in [2.05, 4.69) is 24.8 Å². The van der Waals surface area contributed by atoms with Gasteiger partial charge in [0, 0.05) is 18.2 Å². The molecule has 1 N–H and O–H groups in total. The van der Waals surface area contributed by atoms with Crippen molar-refractivity contribution in [3.63, 3.8) is 0 Å². The highest BCUT2D eigenvalue weighted by molar-refractivity contribution is 7.89. The Kier molecular flexibility index (Phi) is 6.59. The molecule has 2 heterocycles. The third-order valence-corrected chi connectivity index (χ3v) is 6.17. The van der Waals surface area contributed by atoms with Crippen LogP contribution in [0.4, 0.5) is 13.2 Å². The zero-order valence-corrected chi connectivity index (χ0v) is 18.6. The van der Waals surface area contributed by atoms with E-state index in [9.17, 15) is 21.6 Å². The van der Waals surface area contributed by atoms with E-state index in [1.54, 1.807) is 36.4 Å². The lowest BCUT2D eigenvalue weighted by molar-refractivity contribution is -0.274. The predicted octanol–water partition coefficient (Wildman–Crippen LogP) is 3.70. The van der Waals surface area contributed by atoms with Crippen LogP contribution in [0.15, 0.2) is 65.6 Å². The van der Waals surface area contributed by atoms with Crippen molar-refractivity contribution in [2.45, 2.75) is 11.3 Å². The third kappa shape index (κ3) is 5.55. The average Bonchev–Trinajstić information content (AvgIpc) is 3.19. The number of alkyl halides is 3. The van der Waals surface area contributed by atoms with Gasteiger partial charge in [-0.1, -0.05) is 23.7 Å². The molecule has 0 aliphatic heterocycles. The SMILES string of the molecule is O=S(=O)(NCCOc1ccc2nnc(-c3ccccc3Cl)n2n1)c1ccc(OC(F)(F)F)cc1. The topological polar surface area (TPSA) is 108 Å². The van der Waals surface area contributed by atoms with E-state index >= 15 is 0 Å². The van der Waals surface area contributed by atoms with E-state index in [4.69, 9.17) is 16.3 Å². The largest absolute Gasteiger partial charge is 0.573 e. The van der Waals surface area contributed by atoms with Gasteiger partial charge in [-0.05, 0) is 42.5 Å². The number of hydrogen-bond acceptors (Lipinski definition) is 7. The van der Waals surface area contributed by atoms with E-state index in [0.29, 0.717) is 22.1 Å². The Morgan fingerprint density at radius 3 is 2.44 bits per heavy atom. The minimum Gasteiger partial charge on any atom is -0.475 e. The summed E-state index contributed by atoms with van der Waals surface area (Å²) in [4.78, 5) is -0.226. The molecule has 0 fully saturated rings. The number of halogens is 4. The number of nitrogens with one attached hydrogen (secondary N) is 1. The van der Waals surface area contributed by atoms with Crippen LogP contribution in [0.5, 0.6) is 11.6 Å². The molecule has 0 saturated heterocycles. The van der Waals surface area contributed by atoms with Crippen LogP contribution < -0.4 is 14.2 Å². The summed E-state index contributed by atoms with van der Waals surface area (Å²) in [6, 6.07) is 14.1. The van der Waals surface area contributed by atoms with Gasteiger partial charge in [-0.2, -0.15) is 4.52 Å². The lowest BCUT2D eigenvalue weighted by Crippen LogP contribution is -2.28. The molecule has 0 amide bonds. The summed E-state index contributed by atoms with van der Waals surface area (Å²) in [6.45, 7) is -0.195.